The minimum absolute atomic E-state index is 0.0782. The van der Waals surface area contributed by atoms with Gasteiger partial charge in [-0.05, 0) is 22.9 Å². The maximum Gasteiger partial charge on any atom is 0.239 e. The summed E-state index contributed by atoms with van der Waals surface area (Å²) in [4.78, 5) is 12.0. The molecule has 0 unspecified atom stereocenters. The number of ketones is 1. The number of nitrogens with zero attached hydrogens (tertiary/aromatic N) is 5. The minimum Gasteiger partial charge on any atom is -0.504 e. The number of carbonyl (C=O) groups is 1. The first kappa shape index (κ1) is 14.6. The number of halogens is 1. The Morgan fingerprint density at radius 1 is 1.43 bits per heavy atom. The van der Waals surface area contributed by atoms with Gasteiger partial charge in [0.2, 0.25) is 5.82 Å². The molecule has 2 N–H and O–H groups in total. The Hall–Kier alpha value is -3.36. The number of nitrogens with one attached hydrogen (secondary N) is 1. The molecule has 23 heavy (non-hydrogen) atoms. The van der Waals surface area contributed by atoms with E-state index in [0.29, 0.717) is 6.54 Å². The summed E-state index contributed by atoms with van der Waals surface area (Å²) in [5.74, 6) is -1.27. The van der Waals surface area contributed by atoms with Gasteiger partial charge in [-0.1, -0.05) is 12.1 Å². The van der Waals surface area contributed by atoms with Crippen molar-refractivity contribution in [3.05, 3.63) is 65.5 Å². The monoisotopic (exact) mass is 314 g/mol. The lowest BCUT2D eigenvalue weighted by Crippen LogP contribution is -2.01. The third kappa shape index (κ3) is 3.46. The number of aromatic amines is 1. The van der Waals surface area contributed by atoms with Gasteiger partial charge in [0.05, 0.1) is 18.3 Å². The Morgan fingerprint density at radius 2 is 2.30 bits per heavy atom. The molecule has 0 spiro atoms. The smallest absolute Gasteiger partial charge is 0.239 e. The number of aliphatic hydroxyl groups is 1. The maximum atomic E-state index is 13.1. The van der Waals surface area contributed by atoms with E-state index in [0.717, 1.165) is 11.6 Å². The van der Waals surface area contributed by atoms with Gasteiger partial charge in [-0.2, -0.15) is 10.3 Å². The van der Waals surface area contributed by atoms with E-state index in [1.54, 1.807) is 12.1 Å². The molecule has 116 valence electrons. The fraction of sp³-hybridized carbons (Fsp3) is 0.0714. The van der Waals surface area contributed by atoms with Crippen molar-refractivity contribution in [1.82, 2.24) is 30.4 Å². The number of hydrogen-bond donors (Lipinski definition) is 2. The number of rotatable bonds is 5. The molecule has 0 aliphatic rings. The predicted molar refractivity (Wildman–Crippen MR) is 76.8 cm³/mol. The number of allylic oxidation sites excluding steroid dienone is 1. The zero-order chi connectivity index (χ0) is 16.2. The van der Waals surface area contributed by atoms with Gasteiger partial charge < -0.3 is 5.11 Å². The van der Waals surface area contributed by atoms with Gasteiger partial charge in [0.15, 0.2) is 11.5 Å². The average Bonchev–Trinajstić information content (AvgIpc) is 3.18. The van der Waals surface area contributed by atoms with Crippen molar-refractivity contribution < 1.29 is 14.3 Å². The molecule has 0 bridgehead atoms. The molecule has 0 aliphatic heterocycles. The Morgan fingerprint density at radius 3 is 3.04 bits per heavy atom. The lowest BCUT2D eigenvalue weighted by molar-refractivity contribution is 0.104. The molecule has 1 aromatic carbocycles. The third-order valence-electron chi connectivity index (χ3n) is 2.99. The zero-order valence-corrected chi connectivity index (χ0v) is 11.7. The van der Waals surface area contributed by atoms with Crippen molar-refractivity contribution in [2.24, 2.45) is 0 Å². The van der Waals surface area contributed by atoms with Crippen LogP contribution in [-0.4, -0.2) is 41.3 Å². The highest BCUT2D eigenvalue weighted by Gasteiger charge is 2.11. The number of benzene rings is 1. The molecule has 2 heterocycles. The number of hydrogen-bond acceptors (Lipinski definition) is 6. The Bertz CT molecular complexity index is 856. The van der Waals surface area contributed by atoms with Gasteiger partial charge in [-0.25, -0.2) is 4.39 Å². The second-order valence-corrected chi connectivity index (χ2v) is 4.69. The third-order valence-corrected chi connectivity index (χ3v) is 2.99. The van der Waals surface area contributed by atoms with E-state index in [-0.39, 0.29) is 17.2 Å². The van der Waals surface area contributed by atoms with Gasteiger partial charge in [0.25, 0.3) is 0 Å². The summed E-state index contributed by atoms with van der Waals surface area (Å²) in [6.45, 7) is 0.325. The SMILES string of the molecule is O=C(C=C(O)c1nn[nH]n1)c1cnn(Cc2cccc(F)c2)c1. The average molecular weight is 314 g/mol. The highest BCUT2D eigenvalue weighted by Crippen LogP contribution is 2.09. The van der Waals surface area contributed by atoms with Gasteiger partial charge in [-0.3, -0.25) is 9.48 Å². The van der Waals surface area contributed by atoms with Crippen LogP contribution in [-0.2, 0) is 6.54 Å². The van der Waals surface area contributed by atoms with E-state index in [2.05, 4.69) is 25.7 Å². The summed E-state index contributed by atoms with van der Waals surface area (Å²) in [5, 5.41) is 26.3. The molecule has 0 fully saturated rings. The standard InChI is InChI=1S/C14H11FN6O2/c15-11-3-1-2-9(4-11)7-21-8-10(6-16-21)12(22)5-13(23)14-17-19-20-18-14/h1-6,8,23H,7H2,(H,17,18,19,20). The van der Waals surface area contributed by atoms with Crippen LogP contribution in [0, 0.1) is 5.82 Å². The molecular formula is C14H11FN6O2. The van der Waals surface area contributed by atoms with Crippen LogP contribution in [0.1, 0.15) is 21.7 Å². The second-order valence-electron chi connectivity index (χ2n) is 4.69. The normalized spacial score (nSPS) is 11.6. The Balaban J connectivity index is 1.74. The van der Waals surface area contributed by atoms with Crippen molar-refractivity contribution in [3.63, 3.8) is 0 Å². The van der Waals surface area contributed by atoms with Crippen LogP contribution in [0.2, 0.25) is 0 Å². The highest BCUT2D eigenvalue weighted by molar-refractivity contribution is 6.07. The largest absolute Gasteiger partial charge is 0.504 e. The molecule has 3 aromatic rings. The van der Waals surface area contributed by atoms with Gasteiger partial charge in [0, 0.05) is 12.3 Å². The number of aliphatic hydroxyl groups excluding tert-OH is 1. The van der Waals surface area contributed by atoms with E-state index in [1.807, 2.05) is 0 Å². The van der Waals surface area contributed by atoms with E-state index in [1.165, 1.54) is 29.2 Å². The van der Waals surface area contributed by atoms with E-state index in [4.69, 9.17) is 0 Å². The predicted octanol–water partition coefficient (Wildman–Crippen LogP) is 1.37. The fourth-order valence-corrected chi connectivity index (χ4v) is 1.94. The van der Waals surface area contributed by atoms with Gasteiger partial charge in [-0.15, -0.1) is 10.2 Å². The van der Waals surface area contributed by atoms with Crippen LogP contribution in [0.3, 0.4) is 0 Å². The number of carbonyl (C=O) groups excluding carboxylic acids is 1. The topological polar surface area (TPSA) is 110 Å². The van der Waals surface area contributed by atoms with Gasteiger partial charge in [0.1, 0.15) is 5.82 Å². The van der Waals surface area contributed by atoms with Crippen molar-refractivity contribution in [1.29, 1.82) is 0 Å². The molecular weight excluding hydrogens is 303 g/mol. The second kappa shape index (κ2) is 6.18. The van der Waals surface area contributed by atoms with Gasteiger partial charge >= 0.3 is 0 Å². The van der Waals surface area contributed by atoms with E-state index in [9.17, 15) is 14.3 Å². The number of H-pyrrole nitrogens is 1. The van der Waals surface area contributed by atoms with Crippen molar-refractivity contribution in [2.45, 2.75) is 6.54 Å². The highest BCUT2D eigenvalue weighted by atomic mass is 19.1. The first-order valence-corrected chi connectivity index (χ1v) is 6.57. The molecule has 8 nitrogen and oxygen atoms in total. The van der Waals surface area contributed by atoms with Crippen LogP contribution < -0.4 is 0 Å². The molecule has 0 atom stereocenters. The summed E-state index contributed by atoms with van der Waals surface area (Å²) in [5.41, 5.74) is 0.994. The van der Waals surface area contributed by atoms with Crippen molar-refractivity contribution in [3.8, 4) is 0 Å². The van der Waals surface area contributed by atoms with E-state index < -0.39 is 11.5 Å². The van der Waals surface area contributed by atoms with Crippen molar-refractivity contribution >= 4 is 11.5 Å². The maximum absolute atomic E-state index is 13.1. The summed E-state index contributed by atoms with van der Waals surface area (Å²) in [7, 11) is 0. The lowest BCUT2D eigenvalue weighted by atomic mass is 10.2. The van der Waals surface area contributed by atoms with Crippen molar-refractivity contribution in [2.75, 3.05) is 0 Å². The van der Waals surface area contributed by atoms with Crippen LogP contribution >= 0.6 is 0 Å². The zero-order valence-electron chi connectivity index (χ0n) is 11.7. The molecule has 0 radical (unpaired) electrons. The van der Waals surface area contributed by atoms with Crippen LogP contribution in [0.15, 0.2) is 42.7 Å². The van der Waals surface area contributed by atoms with Crippen LogP contribution in [0.25, 0.3) is 5.76 Å². The molecule has 2 aromatic heterocycles. The van der Waals surface area contributed by atoms with E-state index >= 15 is 0 Å². The first-order chi connectivity index (χ1) is 11.1. The molecule has 0 aliphatic carbocycles. The Labute approximate surface area is 129 Å². The summed E-state index contributed by atoms with van der Waals surface area (Å²) < 4.78 is 14.6. The number of tetrazole rings is 1. The molecule has 0 saturated heterocycles. The molecule has 3 rings (SSSR count). The quantitative estimate of drug-likeness (QED) is 0.418. The molecule has 9 heteroatoms. The molecule has 0 amide bonds. The van der Waals surface area contributed by atoms with Crippen LogP contribution in [0.5, 0.6) is 0 Å². The fourth-order valence-electron chi connectivity index (χ4n) is 1.94. The summed E-state index contributed by atoms with van der Waals surface area (Å²) in [6.07, 6.45) is 3.85. The minimum atomic E-state index is -0.460. The summed E-state index contributed by atoms with van der Waals surface area (Å²) >= 11 is 0. The number of aromatic nitrogens is 6. The molecule has 0 saturated carbocycles. The summed E-state index contributed by atoms with van der Waals surface area (Å²) in [6, 6.07) is 6.11. The first-order valence-electron chi connectivity index (χ1n) is 6.57. The Kier molecular flexibility index (Phi) is 3.91. The lowest BCUT2D eigenvalue weighted by Gasteiger charge is -2.01. The van der Waals surface area contributed by atoms with Crippen LogP contribution in [0.4, 0.5) is 4.39 Å².